The molecule has 3 saturated heterocycles. The van der Waals surface area contributed by atoms with Crippen LogP contribution in [0.4, 0.5) is 0 Å². The van der Waals surface area contributed by atoms with Crippen LogP contribution in [0.15, 0.2) is 24.3 Å². The first-order valence-electron chi connectivity index (χ1n) is 9.94. The van der Waals surface area contributed by atoms with Gasteiger partial charge < -0.3 is 9.64 Å². The van der Waals surface area contributed by atoms with Crippen molar-refractivity contribution in [2.45, 2.75) is 44.7 Å². The molecule has 4 rings (SSSR count). The number of carbonyl (C=O) groups excluding carboxylic acids is 1. The van der Waals surface area contributed by atoms with Gasteiger partial charge in [0.05, 0.1) is 12.5 Å². The van der Waals surface area contributed by atoms with Crippen LogP contribution < -0.4 is 4.74 Å². The van der Waals surface area contributed by atoms with E-state index in [4.69, 9.17) is 4.74 Å². The lowest BCUT2D eigenvalue weighted by atomic mass is 9.78. The van der Waals surface area contributed by atoms with Gasteiger partial charge in [-0.3, -0.25) is 9.69 Å². The minimum Gasteiger partial charge on any atom is -0.497 e. The molecule has 3 aliphatic rings. The maximum atomic E-state index is 13.4. The summed E-state index contributed by atoms with van der Waals surface area (Å²) in [5.41, 5.74) is 1.04. The normalized spacial score (nSPS) is 28.0. The molecule has 1 atom stereocenters. The van der Waals surface area contributed by atoms with Gasteiger partial charge in [0.1, 0.15) is 5.75 Å². The van der Waals surface area contributed by atoms with E-state index in [0.29, 0.717) is 18.5 Å². The molecule has 3 fully saturated rings. The molecule has 3 heterocycles. The van der Waals surface area contributed by atoms with E-state index in [0.717, 1.165) is 50.2 Å². The molecule has 1 spiro atoms. The van der Waals surface area contributed by atoms with E-state index in [-0.39, 0.29) is 5.41 Å². The predicted octanol–water partition coefficient (Wildman–Crippen LogP) is 3.41. The lowest BCUT2D eigenvalue weighted by Crippen LogP contribution is -2.50. The Labute approximate surface area is 161 Å². The van der Waals surface area contributed by atoms with Gasteiger partial charge in [-0.25, -0.2) is 0 Å². The third-order valence-corrected chi connectivity index (χ3v) is 7.47. The summed E-state index contributed by atoms with van der Waals surface area (Å²) < 4.78 is 5.33. The zero-order valence-electron chi connectivity index (χ0n) is 15.8. The van der Waals surface area contributed by atoms with E-state index in [1.54, 1.807) is 7.11 Å². The number of likely N-dealkylation sites (tertiary alicyclic amines) is 2. The van der Waals surface area contributed by atoms with Gasteiger partial charge in [-0.1, -0.05) is 12.1 Å². The first-order valence-corrected chi connectivity index (χ1v) is 11.1. The number of hydrogen-bond donors (Lipinski definition) is 0. The molecule has 5 heteroatoms. The largest absolute Gasteiger partial charge is 0.497 e. The molecular weight excluding hydrogens is 344 g/mol. The zero-order valence-corrected chi connectivity index (χ0v) is 16.6. The Morgan fingerprint density at radius 1 is 1.23 bits per heavy atom. The minimum atomic E-state index is -0.123. The molecule has 0 bridgehead atoms. The van der Waals surface area contributed by atoms with Crippen LogP contribution in [0.5, 0.6) is 5.75 Å². The van der Waals surface area contributed by atoms with Crippen molar-refractivity contribution in [1.29, 1.82) is 0 Å². The SMILES string of the molecule is COc1cccc(CN2CCC[C@@]3(CCN(C4CCSCC4)C3)C2=O)c1. The highest BCUT2D eigenvalue weighted by molar-refractivity contribution is 7.99. The van der Waals surface area contributed by atoms with Crippen LogP contribution in [-0.4, -0.2) is 60.0 Å². The van der Waals surface area contributed by atoms with Crippen molar-refractivity contribution in [2.24, 2.45) is 5.41 Å². The molecule has 0 aromatic heterocycles. The number of piperidine rings is 1. The smallest absolute Gasteiger partial charge is 0.230 e. The van der Waals surface area contributed by atoms with Crippen LogP contribution >= 0.6 is 11.8 Å². The molecule has 0 radical (unpaired) electrons. The predicted molar refractivity (Wildman–Crippen MR) is 107 cm³/mol. The van der Waals surface area contributed by atoms with E-state index in [1.807, 2.05) is 12.1 Å². The second kappa shape index (κ2) is 7.81. The standard InChI is InChI=1S/C21H30N2O2S/c1-25-19-5-2-4-17(14-19)15-22-10-3-8-21(20(22)24)9-11-23(16-21)18-6-12-26-13-7-18/h2,4-5,14,18H,3,6-13,15-16H2,1H3/t21-/m0/s1. The van der Waals surface area contributed by atoms with Crippen molar-refractivity contribution in [3.63, 3.8) is 0 Å². The Hall–Kier alpha value is -1.20. The number of amides is 1. The molecule has 0 unspecified atom stereocenters. The number of thioether (sulfide) groups is 1. The van der Waals surface area contributed by atoms with Crippen LogP contribution in [0.3, 0.4) is 0 Å². The molecule has 0 aliphatic carbocycles. The van der Waals surface area contributed by atoms with Crippen molar-refractivity contribution < 1.29 is 9.53 Å². The molecule has 3 aliphatic heterocycles. The highest BCUT2D eigenvalue weighted by atomic mass is 32.2. The summed E-state index contributed by atoms with van der Waals surface area (Å²) in [6, 6.07) is 8.82. The molecule has 1 aromatic carbocycles. The molecule has 4 nitrogen and oxygen atoms in total. The molecule has 142 valence electrons. The summed E-state index contributed by atoms with van der Waals surface area (Å²) in [5.74, 6) is 3.82. The number of carbonyl (C=O) groups is 1. The maximum Gasteiger partial charge on any atom is 0.230 e. The van der Waals surface area contributed by atoms with E-state index in [1.165, 1.54) is 24.3 Å². The number of ether oxygens (including phenoxy) is 1. The van der Waals surface area contributed by atoms with Gasteiger partial charge in [-0.05, 0) is 67.9 Å². The van der Waals surface area contributed by atoms with Crippen LogP contribution in [0, 0.1) is 5.41 Å². The summed E-state index contributed by atoms with van der Waals surface area (Å²) in [6.07, 6.45) is 5.83. The topological polar surface area (TPSA) is 32.8 Å². The number of nitrogens with zero attached hydrogens (tertiary/aromatic N) is 2. The first kappa shape index (κ1) is 18.2. The Kier molecular flexibility index (Phi) is 5.46. The molecule has 1 amide bonds. The van der Waals surface area contributed by atoms with E-state index in [2.05, 4.69) is 33.7 Å². The summed E-state index contributed by atoms with van der Waals surface area (Å²) in [7, 11) is 1.69. The van der Waals surface area contributed by atoms with E-state index in [9.17, 15) is 4.79 Å². The summed E-state index contributed by atoms with van der Waals surface area (Å²) in [4.78, 5) is 18.1. The van der Waals surface area contributed by atoms with E-state index < -0.39 is 0 Å². The number of methoxy groups -OCH3 is 1. The van der Waals surface area contributed by atoms with Gasteiger partial charge in [0.15, 0.2) is 0 Å². The van der Waals surface area contributed by atoms with Gasteiger partial charge in [-0.15, -0.1) is 0 Å². The Morgan fingerprint density at radius 3 is 2.88 bits per heavy atom. The van der Waals surface area contributed by atoms with Crippen LogP contribution in [-0.2, 0) is 11.3 Å². The molecular formula is C21H30N2O2S. The third-order valence-electron chi connectivity index (χ3n) is 6.42. The fraction of sp³-hybridized carbons (Fsp3) is 0.667. The third kappa shape index (κ3) is 3.61. The lowest BCUT2D eigenvalue weighted by molar-refractivity contribution is -0.146. The molecule has 0 saturated carbocycles. The van der Waals surface area contributed by atoms with Crippen molar-refractivity contribution in [3.05, 3.63) is 29.8 Å². The molecule has 26 heavy (non-hydrogen) atoms. The second-order valence-electron chi connectivity index (χ2n) is 8.03. The second-order valence-corrected chi connectivity index (χ2v) is 9.25. The van der Waals surface area contributed by atoms with Gasteiger partial charge in [-0.2, -0.15) is 11.8 Å². The van der Waals surface area contributed by atoms with Crippen molar-refractivity contribution in [3.8, 4) is 5.75 Å². The lowest BCUT2D eigenvalue weighted by Gasteiger charge is -2.40. The average molecular weight is 375 g/mol. The summed E-state index contributed by atoms with van der Waals surface area (Å²) >= 11 is 2.08. The Balaban J connectivity index is 1.44. The van der Waals surface area contributed by atoms with Crippen LogP contribution in [0.2, 0.25) is 0 Å². The highest BCUT2D eigenvalue weighted by Crippen LogP contribution is 2.42. The monoisotopic (exact) mass is 374 g/mol. The summed E-state index contributed by atoms with van der Waals surface area (Å²) in [5, 5.41) is 0. The average Bonchev–Trinajstić information content (AvgIpc) is 3.12. The van der Waals surface area contributed by atoms with Crippen molar-refractivity contribution >= 4 is 17.7 Å². The van der Waals surface area contributed by atoms with Gasteiger partial charge in [0.2, 0.25) is 5.91 Å². The first-order chi connectivity index (χ1) is 12.7. The Morgan fingerprint density at radius 2 is 2.08 bits per heavy atom. The maximum absolute atomic E-state index is 13.4. The summed E-state index contributed by atoms with van der Waals surface area (Å²) in [6.45, 7) is 3.68. The number of hydrogen-bond acceptors (Lipinski definition) is 4. The quantitative estimate of drug-likeness (QED) is 0.809. The highest BCUT2D eigenvalue weighted by Gasteiger charge is 2.49. The van der Waals surface area contributed by atoms with Gasteiger partial charge in [0, 0.05) is 25.7 Å². The fourth-order valence-electron chi connectivity index (χ4n) is 4.94. The molecule has 0 N–H and O–H groups in total. The minimum absolute atomic E-state index is 0.123. The van der Waals surface area contributed by atoms with Crippen LogP contribution in [0.1, 0.15) is 37.7 Å². The van der Waals surface area contributed by atoms with E-state index >= 15 is 0 Å². The molecule has 1 aromatic rings. The van der Waals surface area contributed by atoms with Gasteiger partial charge in [0.25, 0.3) is 0 Å². The van der Waals surface area contributed by atoms with Crippen LogP contribution in [0.25, 0.3) is 0 Å². The number of benzene rings is 1. The number of rotatable bonds is 4. The van der Waals surface area contributed by atoms with Crippen molar-refractivity contribution in [2.75, 3.05) is 38.2 Å². The zero-order chi connectivity index (χ0) is 18.0. The Bertz CT molecular complexity index is 647. The van der Waals surface area contributed by atoms with Gasteiger partial charge >= 0.3 is 0 Å². The fourth-order valence-corrected chi connectivity index (χ4v) is 6.02. The van der Waals surface area contributed by atoms with Crippen molar-refractivity contribution in [1.82, 2.24) is 9.80 Å².